The number of para-hydroxylation sites is 3. The fourth-order valence-corrected chi connectivity index (χ4v) is 3.06. The van der Waals surface area contributed by atoms with Gasteiger partial charge < -0.3 is 15.6 Å². The van der Waals surface area contributed by atoms with E-state index in [4.69, 9.17) is 10.2 Å². The highest BCUT2D eigenvalue weighted by Crippen LogP contribution is 2.25. The summed E-state index contributed by atoms with van der Waals surface area (Å²) in [6, 6.07) is 25.5. The first-order valence-corrected chi connectivity index (χ1v) is 8.69. The third kappa shape index (κ3) is 3.54. The van der Waals surface area contributed by atoms with Gasteiger partial charge in [-0.05, 0) is 35.4 Å². The number of hydrogen-bond acceptors (Lipinski definition) is 5. The number of imidazole rings is 1. The smallest absolute Gasteiger partial charge is 0.208 e. The van der Waals surface area contributed by atoms with Crippen molar-refractivity contribution in [2.45, 2.75) is 12.8 Å². The van der Waals surface area contributed by atoms with Crippen molar-refractivity contribution in [2.24, 2.45) is 0 Å². The quantitative estimate of drug-likeness (QED) is 0.312. The molecule has 0 spiro atoms. The van der Waals surface area contributed by atoms with E-state index in [0.29, 0.717) is 12.1 Å². The van der Waals surface area contributed by atoms with Crippen LogP contribution in [0.25, 0.3) is 16.7 Å². The second-order valence-electron chi connectivity index (χ2n) is 6.22. The summed E-state index contributed by atoms with van der Waals surface area (Å²) in [5.41, 5.74) is 6.47. The molecule has 0 fully saturated rings. The van der Waals surface area contributed by atoms with Gasteiger partial charge in [-0.2, -0.15) is 5.48 Å². The topological polar surface area (TPSA) is 82.3 Å². The molecule has 0 saturated heterocycles. The second-order valence-corrected chi connectivity index (χ2v) is 6.22. The van der Waals surface area contributed by atoms with E-state index in [0.717, 1.165) is 28.2 Å². The van der Waals surface area contributed by atoms with Crippen molar-refractivity contribution in [1.82, 2.24) is 15.0 Å². The maximum Gasteiger partial charge on any atom is 0.208 e. The molecule has 6 heteroatoms. The van der Waals surface area contributed by atoms with Gasteiger partial charge >= 0.3 is 0 Å². The van der Waals surface area contributed by atoms with Crippen LogP contribution in [-0.2, 0) is 6.54 Å². The Morgan fingerprint density at radius 1 is 0.889 bits per heavy atom. The van der Waals surface area contributed by atoms with E-state index in [2.05, 4.69) is 28.1 Å². The van der Waals surface area contributed by atoms with Gasteiger partial charge in [-0.15, -0.1) is 0 Å². The summed E-state index contributed by atoms with van der Waals surface area (Å²) >= 11 is 0. The van der Waals surface area contributed by atoms with E-state index in [9.17, 15) is 5.11 Å². The van der Waals surface area contributed by atoms with Crippen LogP contribution in [0.2, 0.25) is 0 Å². The highest BCUT2D eigenvalue weighted by Gasteiger charge is 2.12. The number of aromatic nitrogens is 2. The minimum Gasteiger partial charge on any atom is -0.372 e. The first-order valence-electron chi connectivity index (χ1n) is 8.69. The van der Waals surface area contributed by atoms with Crippen molar-refractivity contribution in [3.8, 4) is 5.69 Å². The molecule has 4 N–H and O–H groups in total. The maximum absolute atomic E-state index is 9.58. The van der Waals surface area contributed by atoms with Gasteiger partial charge in [0.1, 0.15) is 0 Å². The number of fused-ring (bicyclic) bond motifs is 1. The van der Waals surface area contributed by atoms with Gasteiger partial charge in [-0.3, -0.25) is 4.57 Å². The molecule has 1 unspecified atom stereocenters. The molecule has 4 rings (SSSR count). The van der Waals surface area contributed by atoms with Gasteiger partial charge in [-0.1, -0.05) is 54.6 Å². The molecule has 0 aliphatic carbocycles. The monoisotopic (exact) mass is 360 g/mol. The highest BCUT2D eigenvalue weighted by atomic mass is 16.5. The predicted molar refractivity (Wildman–Crippen MR) is 105 cm³/mol. The lowest BCUT2D eigenvalue weighted by Gasteiger charge is -2.12. The third-order valence-electron chi connectivity index (χ3n) is 4.44. The highest BCUT2D eigenvalue weighted by molar-refractivity contribution is 5.81. The zero-order valence-electron chi connectivity index (χ0n) is 14.6. The number of hydroxylamine groups is 1. The SMILES string of the molecule is ONC(O)c1ccc(CNc2nc3ccccc3n2-c2ccccc2)cc1. The van der Waals surface area contributed by atoms with E-state index < -0.39 is 6.23 Å². The Bertz CT molecular complexity index is 1030. The molecule has 1 aromatic heterocycles. The number of nitrogens with one attached hydrogen (secondary N) is 2. The predicted octanol–water partition coefficient (Wildman–Crippen LogP) is 3.61. The molecule has 27 heavy (non-hydrogen) atoms. The molecule has 0 aliphatic heterocycles. The lowest BCUT2D eigenvalue weighted by molar-refractivity contribution is 0.000693. The van der Waals surface area contributed by atoms with Gasteiger partial charge in [0.25, 0.3) is 0 Å². The first kappa shape index (κ1) is 17.2. The number of aliphatic hydroxyl groups is 1. The Morgan fingerprint density at radius 3 is 2.33 bits per heavy atom. The lowest BCUT2D eigenvalue weighted by Crippen LogP contribution is -2.15. The van der Waals surface area contributed by atoms with Gasteiger partial charge in [0.05, 0.1) is 11.0 Å². The van der Waals surface area contributed by atoms with Crippen molar-refractivity contribution in [1.29, 1.82) is 0 Å². The second kappa shape index (κ2) is 7.59. The Kier molecular flexibility index (Phi) is 4.84. The van der Waals surface area contributed by atoms with Crippen LogP contribution in [0.15, 0.2) is 78.9 Å². The first-order chi connectivity index (χ1) is 13.3. The van der Waals surface area contributed by atoms with Crippen LogP contribution in [0.5, 0.6) is 0 Å². The molecule has 136 valence electrons. The zero-order chi connectivity index (χ0) is 18.6. The van der Waals surface area contributed by atoms with Crippen molar-refractivity contribution in [3.05, 3.63) is 90.0 Å². The summed E-state index contributed by atoms with van der Waals surface area (Å²) in [6.07, 6.45) is -1.09. The Hall–Kier alpha value is -3.19. The molecule has 4 aromatic rings. The summed E-state index contributed by atoms with van der Waals surface area (Å²) in [5.74, 6) is 0.767. The molecule has 1 atom stereocenters. The van der Waals surface area contributed by atoms with Crippen LogP contribution in [0.4, 0.5) is 5.95 Å². The minimum absolute atomic E-state index is 0.582. The fourth-order valence-electron chi connectivity index (χ4n) is 3.06. The van der Waals surface area contributed by atoms with Gasteiger partial charge in [0.15, 0.2) is 6.23 Å². The minimum atomic E-state index is -1.09. The molecular weight excluding hydrogens is 340 g/mol. The average molecular weight is 360 g/mol. The number of hydrogen-bond donors (Lipinski definition) is 4. The number of aliphatic hydroxyl groups excluding tert-OH is 1. The summed E-state index contributed by atoms with van der Waals surface area (Å²) in [4.78, 5) is 4.73. The van der Waals surface area contributed by atoms with Crippen LogP contribution < -0.4 is 10.8 Å². The van der Waals surface area contributed by atoms with E-state index in [1.165, 1.54) is 0 Å². The largest absolute Gasteiger partial charge is 0.372 e. The summed E-state index contributed by atoms with van der Waals surface area (Å²) in [6.45, 7) is 0.582. The van der Waals surface area contributed by atoms with E-state index in [1.807, 2.05) is 54.0 Å². The third-order valence-corrected chi connectivity index (χ3v) is 4.44. The molecule has 6 nitrogen and oxygen atoms in total. The molecule has 0 bridgehead atoms. The normalized spacial score (nSPS) is 12.2. The number of anilines is 1. The Balaban J connectivity index is 1.62. The van der Waals surface area contributed by atoms with Crippen LogP contribution in [0, 0.1) is 0 Å². The van der Waals surface area contributed by atoms with Crippen LogP contribution in [-0.4, -0.2) is 19.9 Å². The maximum atomic E-state index is 9.58. The van der Waals surface area contributed by atoms with Gasteiger partial charge in [-0.25, -0.2) is 4.98 Å². The zero-order valence-corrected chi connectivity index (χ0v) is 14.6. The molecule has 0 amide bonds. The fraction of sp³-hybridized carbons (Fsp3) is 0.0952. The van der Waals surface area contributed by atoms with E-state index in [1.54, 1.807) is 12.1 Å². The van der Waals surface area contributed by atoms with E-state index >= 15 is 0 Å². The van der Waals surface area contributed by atoms with Gasteiger partial charge in [0, 0.05) is 12.2 Å². The molecule has 0 aliphatic rings. The van der Waals surface area contributed by atoms with Crippen molar-refractivity contribution in [2.75, 3.05) is 5.32 Å². The average Bonchev–Trinajstić information content (AvgIpc) is 3.11. The number of rotatable bonds is 6. The van der Waals surface area contributed by atoms with Crippen molar-refractivity contribution >= 4 is 17.0 Å². The lowest BCUT2D eigenvalue weighted by atomic mass is 10.1. The number of benzene rings is 3. The van der Waals surface area contributed by atoms with Crippen molar-refractivity contribution < 1.29 is 10.3 Å². The molecule has 0 saturated carbocycles. The van der Waals surface area contributed by atoms with Crippen LogP contribution in [0.1, 0.15) is 17.4 Å². The molecule has 3 aromatic carbocycles. The summed E-state index contributed by atoms with van der Waals surface area (Å²) in [5, 5.41) is 21.8. The molecule has 1 heterocycles. The summed E-state index contributed by atoms with van der Waals surface area (Å²) < 4.78 is 2.10. The van der Waals surface area contributed by atoms with Crippen LogP contribution >= 0.6 is 0 Å². The standard InChI is InChI=1S/C21H20N4O2/c26-20(24-27)16-12-10-15(11-13-16)14-22-21-23-18-8-4-5-9-19(18)25(21)17-6-2-1-3-7-17/h1-13,20,24,26-27H,14H2,(H,22,23). The Labute approximate surface area is 156 Å². The molecule has 0 radical (unpaired) electrons. The summed E-state index contributed by atoms with van der Waals surface area (Å²) in [7, 11) is 0. The van der Waals surface area contributed by atoms with E-state index in [-0.39, 0.29) is 0 Å². The number of nitrogens with zero attached hydrogens (tertiary/aromatic N) is 2. The van der Waals surface area contributed by atoms with Crippen LogP contribution in [0.3, 0.4) is 0 Å². The van der Waals surface area contributed by atoms with Gasteiger partial charge in [0.2, 0.25) is 5.95 Å². The molecular formula is C21H20N4O2. The van der Waals surface area contributed by atoms with Crippen molar-refractivity contribution in [3.63, 3.8) is 0 Å². The Morgan fingerprint density at radius 2 is 1.59 bits per heavy atom.